The molecule has 2 N–H and O–H groups in total. The molecule has 2 nitrogen and oxygen atoms in total. The van der Waals surface area contributed by atoms with E-state index in [2.05, 4.69) is 36.3 Å². The van der Waals surface area contributed by atoms with Crippen LogP contribution in [0, 0.1) is 0 Å². The molecule has 1 unspecified atom stereocenters. The monoisotopic (exact) mass is 262 g/mol. The van der Waals surface area contributed by atoms with Gasteiger partial charge in [0.25, 0.3) is 0 Å². The Kier molecular flexibility index (Phi) is 4.45. The lowest BCUT2D eigenvalue weighted by Gasteiger charge is -2.15. The fourth-order valence-corrected chi connectivity index (χ4v) is 2.37. The van der Waals surface area contributed by atoms with Gasteiger partial charge in [0.2, 0.25) is 0 Å². The molecule has 3 heteroatoms. The molecular weight excluding hydrogens is 244 g/mol. The summed E-state index contributed by atoms with van der Waals surface area (Å²) < 4.78 is 0. The number of rotatable bonds is 5. The van der Waals surface area contributed by atoms with Crippen molar-refractivity contribution in [2.45, 2.75) is 26.3 Å². The van der Waals surface area contributed by atoms with Crippen LogP contribution in [0.15, 0.2) is 36.5 Å². The maximum atomic E-state index is 6.37. The van der Waals surface area contributed by atoms with Gasteiger partial charge in [-0.1, -0.05) is 30.7 Å². The smallest absolute Gasteiger partial charge is 0.0460 e. The van der Waals surface area contributed by atoms with E-state index < -0.39 is 0 Å². The lowest BCUT2D eigenvalue weighted by Crippen LogP contribution is -2.19. The molecule has 1 aromatic heterocycles. The molecule has 18 heavy (non-hydrogen) atoms. The number of benzene rings is 1. The maximum absolute atomic E-state index is 6.37. The summed E-state index contributed by atoms with van der Waals surface area (Å²) in [4.78, 5) is 3.19. The molecule has 0 spiro atoms. The molecule has 0 aliphatic heterocycles. The van der Waals surface area contributed by atoms with Crippen LogP contribution < -0.4 is 5.32 Å². The van der Waals surface area contributed by atoms with Crippen LogP contribution in [0.4, 0.5) is 0 Å². The van der Waals surface area contributed by atoms with Gasteiger partial charge in [0.1, 0.15) is 0 Å². The molecule has 0 saturated heterocycles. The Bertz CT molecular complexity index is 491. The van der Waals surface area contributed by atoms with Gasteiger partial charge in [0.15, 0.2) is 0 Å². The summed E-state index contributed by atoms with van der Waals surface area (Å²) in [6.07, 6.45) is 3.05. The fraction of sp³-hybridized carbons (Fsp3) is 0.333. The SMILES string of the molecule is CCCNC(C)c1ccc(-c2ccc[nH]2)cc1Cl. The van der Waals surface area contributed by atoms with Gasteiger partial charge in [-0.15, -0.1) is 0 Å². The first-order valence-electron chi connectivity index (χ1n) is 6.39. The van der Waals surface area contributed by atoms with Crippen molar-refractivity contribution >= 4 is 11.6 Å². The van der Waals surface area contributed by atoms with Crippen LogP contribution in [-0.2, 0) is 0 Å². The molecule has 1 heterocycles. The van der Waals surface area contributed by atoms with Gasteiger partial charge < -0.3 is 10.3 Å². The number of halogens is 1. The standard InChI is InChI=1S/C15H19ClN2/c1-3-8-17-11(2)13-7-6-12(10-14(13)16)15-5-4-9-18-15/h4-7,9-11,17-18H,3,8H2,1-2H3. The van der Waals surface area contributed by atoms with Gasteiger partial charge in [-0.25, -0.2) is 0 Å². The maximum Gasteiger partial charge on any atom is 0.0460 e. The number of hydrogen-bond donors (Lipinski definition) is 2. The van der Waals surface area contributed by atoms with Crippen molar-refractivity contribution in [1.82, 2.24) is 10.3 Å². The predicted molar refractivity (Wildman–Crippen MR) is 77.9 cm³/mol. The first kappa shape index (κ1) is 13.2. The zero-order valence-electron chi connectivity index (χ0n) is 10.8. The van der Waals surface area contributed by atoms with E-state index in [-0.39, 0.29) is 6.04 Å². The highest BCUT2D eigenvalue weighted by molar-refractivity contribution is 6.31. The molecule has 1 atom stereocenters. The van der Waals surface area contributed by atoms with E-state index in [4.69, 9.17) is 11.6 Å². The van der Waals surface area contributed by atoms with E-state index >= 15 is 0 Å². The van der Waals surface area contributed by atoms with Gasteiger partial charge in [-0.05, 0) is 49.2 Å². The lowest BCUT2D eigenvalue weighted by atomic mass is 10.0. The van der Waals surface area contributed by atoms with Crippen LogP contribution in [0.3, 0.4) is 0 Å². The summed E-state index contributed by atoms with van der Waals surface area (Å²) in [5.41, 5.74) is 3.37. The van der Waals surface area contributed by atoms with Crippen molar-refractivity contribution in [1.29, 1.82) is 0 Å². The third-order valence-electron chi connectivity index (χ3n) is 3.08. The highest BCUT2D eigenvalue weighted by atomic mass is 35.5. The van der Waals surface area contributed by atoms with E-state index in [0.717, 1.165) is 34.8 Å². The summed E-state index contributed by atoms with van der Waals surface area (Å²) in [5.74, 6) is 0. The summed E-state index contributed by atoms with van der Waals surface area (Å²) in [5, 5.41) is 4.27. The first-order valence-corrected chi connectivity index (χ1v) is 6.76. The second-order valence-electron chi connectivity index (χ2n) is 4.50. The Morgan fingerprint density at radius 2 is 2.17 bits per heavy atom. The minimum atomic E-state index is 0.287. The molecule has 0 saturated carbocycles. The van der Waals surface area contributed by atoms with Crippen LogP contribution in [0.1, 0.15) is 31.9 Å². The Balaban J connectivity index is 2.20. The van der Waals surface area contributed by atoms with E-state index in [0.29, 0.717) is 0 Å². The van der Waals surface area contributed by atoms with Crippen molar-refractivity contribution in [3.8, 4) is 11.3 Å². The third kappa shape index (κ3) is 2.95. The van der Waals surface area contributed by atoms with Crippen molar-refractivity contribution in [2.75, 3.05) is 6.54 Å². The van der Waals surface area contributed by atoms with Gasteiger partial charge in [0.05, 0.1) is 0 Å². The van der Waals surface area contributed by atoms with Crippen molar-refractivity contribution in [2.24, 2.45) is 0 Å². The van der Waals surface area contributed by atoms with Crippen molar-refractivity contribution in [3.63, 3.8) is 0 Å². The summed E-state index contributed by atoms with van der Waals surface area (Å²) in [6, 6.07) is 10.6. The van der Waals surface area contributed by atoms with Gasteiger partial charge >= 0.3 is 0 Å². The number of aromatic amines is 1. The van der Waals surface area contributed by atoms with Gasteiger partial charge in [-0.2, -0.15) is 0 Å². The van der Waals surface area contributed by atoms with Crippen LogP contribution >= 0.6 is 11.6 Å². The van der Waals surface area contributed by atoms with Crippen LogP contribution in [-0.4, -0.2) is 11.5 Å². The topological polar surface area (TPSA) is 27.8 Å². The molecule has 2 rings (SSSR count). The number of aromatic nitrogens is 1. The Morgan fingerprint density at radius 1 is 1.33 bits per heavy atom. The summed E-state index contributed by atoms with van der Waals surface area (Å²) in [6.45, 7) is 5.32. The molecule has 0 aliphatic carbocycles. The normalized spacial score (nSPS) is 12.6. The van der Waals surface area contributed by atoms with E-state index in [1.807, 2.05) is 24.4 Å². The Hall–Kier alpha value is -1.25. The Morgan fingerprint density at radius 3 is 2.78 bits per heavy atom. The van der Waals surface area contributed by atoms with Crippen LogP contribution in [0.25, 0.3) is 11.3 Å². The molecule has 0 fully saturated rings. The van der Waals surface area contributed by atoms with Gasteiger partial charge in [0, 0.05) is 23.0 Å². The zero-order chi connectivity index (χ0) is 13.0. The lowest BCUT2D eigenvalue weighted by molar-refractivity contribution is 0.571. The predicted octanol–water partition coefficient (Wildman–Crippen LogP) is 4.40. The molecule has 2 aromatic rings. The number of hydrogen-bond acceptors (Lipinski definition) is 1. The summed E-state index contributed by atoms with van der Waals surface area (Å²) >= 11 is 6.37. The summed E-state index contributed by atoms with van der Waals surface area (Å²) in [7, 11) is 0. The minimum absolute atomic E-state index is 0.287. The van der Waals surface area contributed by atoms with Crippen molar-refractivity contribution < 1.29 is 0 Å². The minimum Gasteiger partial charge on any atom is -0.361 e. The van der Waals surface area contributed by atoms with Crippen molar-refractivity contribution in [3.05, 3.63) is 47.1 Å². The molecule has 0 amide bonds. The number of H-pyrrole nitrogens is 1. The van der Waals surface area contributed by atoms with Crippen LogP contribution in [0.2, 0.25) is 5.02 Å². The second-order valence-corrected chi connectivity index (χ2v) is 4.90. The molecule has 1 aromatic carbocycles. The Labute approximate surface area is 113 Å². The van der Waals surface area contributed by atoms with E-state index in [1.165, 1.54) is 0 Å². The average Bonchev–Trinajstić information content (AvgIpc) is 2.89. The van der Waals surface area contributed by atoms with Crippen LogP contribution in [0.5, 0.6) is 0 Å². The molecule has 0 bridgehead atoms. The number of nitrogens with one attached hydrogen (secondary N) is 2. The second kappa shape index (κ2) is 6.07. The molecule has 0 aliphatic rings. The first-order chi connectivity index (χ1) is 8.72. The fourth-order valence-electron chi connectivity index (χ4n) is 2.03. The molecule has 0 radical (unpaired) electrons. The zero-order valence-corrected chi connectivity index (χ0v) is 11.6. The highest BCUT2D eigenvalue weighted by Crippen LogP contribution is 2.28. The quantitative estimate of drug-likeness (QED) is 0.821. The van der Waals surface area contributed by atoms with E-state index in [9.17, 15) is 0 Å². The average molecular weight is 263 g/mol. The van der Waals surface area contributed by atoms with Gasteiger partial charge in [-0.3, -0.25) is 0 Å². The molecular formula is C15H19ClN2. The third-order valence-corrected chi connectivity index (χ3v) is 3.40. The van der Waals surface area contributed by atoms with E-state index in [1.54, 1.807) is 0 Å². The largest absolute Gasteiger partial charge is 0.361 e. The highest BCUT2D eigenvalue weighted by Gasteiger charge is 2.10. The molecule has 96 valence electrons.